The number of aromatic nitrogens is 3. The molecule has 2 aromatic heterocycles. The second-order valence-corrected chi connectivity index (χ2v) is 8.06. The lowest BCUT2D eigenvalue weighted by Crippen LogP contribution is -2.16. The molecule has 1 aliphatic carbocycles. The van der Waals surface area contributed by atoms with Crippen molar-refractivity contribution in [2.75, 3.05) is 17.6 Å². The summed E-state index contributed by atoms with van der Waals surface area (Å²) >= 11 is 0. The van der Waals surface area contributed by atoms with Gasteiger partial charge in [-0.3, -0.25) is 9.40 Å². The van der Waals surface area contributed by atoms with Crippen LogP contribution in [0.15, 0.2) is 35.1 Å². The average molecular weight is 374 g/mol. The van der Waals surface area contributed by atoms with Gasteiger partial charge in [0.25, 0.3) is 0 Å². The van der Waals surface area contributed by atoms with Gasteiger partial charge in [0.1, 0.15) is 22.1 Å². The second-order valence-electron chi connectivity index (χ2n) is 6.84. The molecule has 3 aromatic rings. The summed E-state index contributed by atoms with van der Waals surface area (Å²) in [6.07, 6.45) is 6.13. The van der Waals surface area contributed by atoms with Crippen LogP contribution in [-0.4, -0.2) is 32.0 Å². The highest BCUT2D eigenvalue weighted by Crippen LogP contribution is 2.37. The van der Waals surface area contributed by atoms with Gasteiger partial charge in [-0.25, -0.2) is 4.21 Å². The van der Waals surface area contributed by atoms with E-state index in [0.717, 1.165) is 5.56 Å². The van der Waals surface area contributed by atoms with E-state index in [9.17, 15) is 4.21 Å². The number of ether oxygens (including phenoxy) is 1. The van der Waals surface area contributed by atoms with Gasteiger partial charge in [-0.1, -0.05) is 12.1 Å². The Hall–Kier alpha value is -2.35. The Bertz CT molecular complexity index is 918. The third kappa shape index (κ3) is 3.60. The lowest BCUT2D eigenvalue weighted by Gasteiger charge is -2.10. The van der Waals surface area contributed by atoms with Crippen LogP contribution < -0.4 is 9.46 Å². The Morgan fingerprint density at radius 2 is 2.31 bits per heavy atom. The van der Waals surface area contributed by atoms with Crippen molar-refractivity contribution in [3.8, 4) is 5.75 Å². The van der Waals surface area contributed by atoms with Crippen LogP contribution >= 0.6 is 0 Å². The Labute approximate surface area is 154 Å². The van der Waals surface area contributed by atoms with Crippen molar-refractivity contribution < 1.29 is 13.5 Å². The van der Waals surface area contributed by atoms with Crippen LogP contribution in [0.4, 0.5) is 5.82 Å². The number of fused-ring (bicyclic) bond motifs is 1. The summed E-state index contributed by atoms with van der Waals surface area (Å²) in [6, 6.07) is 5.72. The van der Waals surface area contributed by atoms with Crippen molar-refractivity contribution in [3.05, 3.63) is 36.2 Å². The fourth-order valence-electron chi connectivity index (χ4n) is 3.18. The summed E-state index contributed by atoms with van der Waals surface area (Å²) in [5, 5.41) is 9.00. The zero-order chi connectivity index (χ0) is 18.1. The van der Waals surface area contributed by atoms with Crippen LogP contribution in [0.5, 0.6) is 5.75 Å². The van der Waals surface area contributed by atoms with Gasteiger partial charge in [0.15, 0.2) is 11.4 Å². The predicted molar refractivity (Wildman–Crippen MR) is 100 cm³/mol. The van der Waals surface area contributed by atoms with E-state index in [1.54, 1.807) is 13.3 Å². The molecule has 2 atom stereocenters. The highest BCUT2D eigenvalue weighted by molar-refractivity contribution is 7.86. The second kappa shape index (κ2) is 7.11. The van der Waals surface area contributed by atoms with E-state index < -0.39 is 11.0 Å². The molecule has 138 valence electrons. The zero-order valence-electron chi connectivity index (χ0n) is 14.8. The summed E-state index contributed by atoms with van der Waals surface area (Å²) in [5.41, 5.74) is 1.59. The third-order valence-electron chi connectivity index (χ3n) is 4.77. The molecule has 1 aromatic carbocycles. The maximum absolute atomic E-state index is 12.4. The van der Waals surface area contributed by atoms with E-state index in [1.807, 2.05) is 29.1 Å². The lowest BCUT2D eigenvalue weighted by atomic mass is 10.1. The monoisotopic (exact) mass is 374 g/mol. The Morgan fingerprint density at radius 3 is 3.00 bits per heavy atom. The quantitative estimate of drug-likeness (QED) is 0.655. The average Bonchev–Trinajstić information content (AvgIpc) is 3.23. The van der Waals surface area contributed by atoms with Crippen molar-refractivity contribution >= 4 is 27.8 Å². The summed E-state index contributed by atoms with van der Waals surface area (Å²) in [6.45, 7) is 2.76. The number of benzene rings is 1. The van der Waals surface area contributed by atoms with Gasteiger partial charge in [0, 0.05) is 18.1 Å². The van der Waals surface area contributed by atoms with Gasteiger partial charge < -0.3 is 9.26 Å². The molecule has 0 aliphatic heterocycles. The van der Waals surface area contributed by atoms with E-state index in [1.165, 1.54) is 12.8 Å². The van der Waals surface area contributed by atoms with Crippen LogP contribution in [0.3, 0.4) is 0 Å². The van der Waals surface area contributed by atoms with Crippen LogP contribution in [0.1, 0.15) is 25.3 Å². The minimum absolute atomic E-state index is 0.448. The number of hydrogen-bond acceptors (Lipinski definition) is 5. The zero-order valence-corrected chi connectivity index (χ0v) is 15.7. The fourth-order valence-corrected chi connectivity index (χ4v) is 4.37. The molecule has 1 saturated carbocycles. The minimum Gasteiger partial charge on any atom is -0.496 e. The van der Waals surface area contributed by atoms with Crippen molar-refractivity contribution in [1.29, 1.82) is 0 Å². The van der Waals surface area contributed by atoms with Gasteiger partial charge in [-0.2, -0.15) is 5.10 Å². The number of methoxy groups -OCH3 is 1. The first kappa shape index (κ1) is 17.1. The standard InChI is InChI=1S/C18H22N4O3S/c1-12(14-4-5-14)11-26(23)21-18-17-15(24-2)8-13(9-16(17)25-20-18)10-22-7-3-6-19-22/h3,6-9,12,14H,4-5,10-11H2,1-2H3,(H,20,21). The molecule has 0 amide bonds. The molecule has 2 unspecified atom stereocenters. The molecular weight excluding hydrogens is 352 g/mol. The molecule has 26 heavy (non-hydrogen) atoms. The number of rotatable bonds is 8. The number of nitrogens with one attached hydrogen (secondary N) is 1. The fraction of sp³-hybridized carbons (Fsp3) is 0.444. The first-order valence-electron chi connectivity index (χ1n) is 8.73. The first-order valence-corrected chi connectivity index (χ1v) is 10.0. The molecule has 1 fully saturated rings. The molecule has 4 rings (SSSR count). The molecule has 0 spiro atoms. The Balaban J connectivity index is 1.57. The molecule has 0 radical (unpaired) electrons. The number of hydrogen-bond donors (Lipinski definition) is 1. The van der Waals surface area contributed by atoms with Gasteiger partial charge >= 0.3 is 0 Å². The molecular formula is C18H22N4O3S. The van der Waals surface area contributed by atoms with Crippen molar-refractivity contribution in [2.45, 2.75) is 26.3 Å². The van der Waals surface area contributed by atoms with Crippen LogP contribution in [0.2, 0.25) is 0 Å². The summed E-state index contributed by atoms with van der Waals surface area (Å²) < 4.78 is 28.2. The highest BCUT2D eigenvalue weighted by atomic mass is 32.2. The highest BCUT2D eigenvalue weighted by Gasteiger charge is 2.29. The normalized spacial score (nSPS) is 16.5. The third-order valence-corrected chi connectivity index (χ3v) is 6.02. The van der Waals surface area contributed by atoms with Gasteiger partial charge in [0.2, 0.25) is 0 Å². The molecule has 0 saturated heterocycles. The smallest absolute Gasteiger partial charge is 0.192 e. The molecule has 1 aliphatic rings. The number of nitrogens with zero attached hydrogens (tertiary/aromatic N) is 3. The van der Waals surface area contributed by atoms with E-state index in [4.69, 9.17) is 9.26 Å². The molecule has 1 N–H and O–H groups in total. The molecule has 0 bridgehead atoms. The Kier molecular flexibility index (Phi) is 4.67. The van der Waals surface area contributed by atoms with E-state index in [-0.39, 0.29) is 0 Å². The van der Waals surface area contributed by atoms with E-state index in [0.29, 0.717) is 46.7 Å². The van der Waals surface area contributed by atoms with Crippen molar-refractivity contribution in [2.24, 2.45) is 11.8 Å². The summed E-state index contributed by atoms with van der Waals surface area (Å²) in [7, 11) is 0.407. The van der Waals surface area contributed by atoms with Gasteiger partial charge in [-0.05, 0) is 48.4 Å². The van der Waals surface area contributed by atoms with Gasteiger partial charge in [0.05, 0.1) is 13.7 Å². The predicted octanol–water partition coefficient (Wildman–Crippen LogP) is 3.20. The molecule has 7 nitrogen and oxygen atoms in total. The lowest BCUT2D eigenvalue weighted by molar-refractivity contribution is 0.418. The van der Waals surface area contributed by atoms with Gasteiger partial charge in [-0.15, -0.1) is 0 Å². The summed E-state index contributed by atoms with van der Waals surface area (Å²) in [4.78, 5) is 0. The maximum Gasteiger partial charge on any atom is 0.192 e. The van der Waals surface area contributed by atoms with Crippen LogP contribution in [-0.2, 0) is 17.5 Å². The molecule has 8 heteroatoms. The maximum atomic E-state index is 12.4. The van der Waals surface area contributed by atoms with Crippen molar-refractivity contribution in [3.63, 3.8) is 0 Å². The van der Waals surface area contributed by atoms with E-state index >= 15 is 0 Å². The summed E-state index contributed by atoms with van der Waals surface area (Å²) in [5.74, 6) is 2.88. The number of anilines is 1. The van der Waals surface area contributed by atoms with Crippen LogP contribution in [0, 0.1) is 11.8 Å². The first-order chi connectivity index (χ1) is 12.6. The SMILES string of the molecule is COc1cc(Cn2cccn2)cc2onc(NS(=O)CC(C)C3CC3)c12. The topological polar surface area (TPSA) is 82.2 Å². The van der Waals surface area contributed by atoms with Crippen LogP contribution in [0.25, 0.3) is 11.0 Å². The largest absolute Gasteiger partial charge is 0.496 e. The van der Waals surface area contributed by atoms with Crippen molar-refractivity contribution in [1.82, 2.24) is 14.9 Å². The minimum atomic E-state index is -1.20. The molecule has 2 heterocycles. The Morgan fingerprint density at radius 1 is 1.46 bits per heavy atom. The van der Waals surface area contributed by atoms with E-state index in [2.05, 4.69) is 21.9 Å².